The molecule has 2 N–H and O–H groups in total. The molecule has 0 aromatic heterocycles. The highest BCUT2D eigenvalue weighted by Crippen LogP contribution is 2.30. The zero-order valence-electron chi connectivity index (χ0n) is 12.2. The van der Waals surface area contributed by atoms with Gasteiger partial charge in [0.2, 0.25) is 0 Å². The summed E-state index contributed by atoms with van der Waals surface area (Å²) in [4.78, 5) is 0. The average Bonchev–Trinajstić information content (AvgIpc) is 2.45. The van der Waals surface area contributed by atoms with Gasteiger partial charge in [-0.3, -0.25) is 0 Å². The van der Waals surface area contributed by atoms with Crippen molar-refractivity contribution in [3.05, 3.63) is 59.2 Å². The van der Waals surface area contributed by atoms with Crippen LogP contribution in [0, 0.1) is 18.6 Å². The fraction of sp³-hybridized carbons (Fsp3) is 0.294. The van der Waals surface area contributed by atoms with Gasteiger partial charge in [-0.05, 0) is 55.2 Å². The summed E-state index contributed by atoms with van der Waals surface area (Å²) in [6, 6.07) is 8.57. The largest absolute Gasteiger partial charge is 0.457 e. The number of hydrogen-bond acceptors (Lipinski definition) is 2. The number of rotatable bonds is 5. The van der Waals surface area contributed by atoms with Gasteiger partial charge in [0, 0.05) is 12.1 Å². The summed E-state index contributed by atoms with van der Waals surface area (Å²) >= 11 is 0. The van der Waals surface area contributed by atoms with Crippen LogP contribution in [0.5, 0.6) is 11.5 Å². The van der Waals surface area contributed by atoms with Crippen LogP contribution in [0.3, 0.4) is 0 Å². The molecule has 0 heterocycles. The number of hydrogen-bond donors (Lipinski definition) is 1. The first kappa shape index (κ1) is 15.4. The predicted octanol–water partition coefficient (Wildman–Crippen LogP) is 4.35. The van der Waals surface area contributed by atoms with E-state index in [2.05, 4.69) is 0 Å². The molecular formula is C17H19F2NO. The molecule has 0 aliphatic heterocycles. The van der Waals surface area contributed by atoms with E-state index in [1.807, 2.05) is 13.8 Å². The number of halogens is 2. The highest BCUT2D eigenvalue weighted by atomic mass is 19.1. The third kappa shape index (κ3) is 4.02. The predicted molar refractivity (Wildman–Crippen MR) is 79.6 cm³/mol. The molecule has 1 atom stereocenters. The topological polar surface area (TPSA) is 35.2 Å². The van der Waals surface area contributed by atoms with Crippen molar-refractivity contribution < 1.29 is 13.5 Å². The molecule has 2 nitrogen and oxygen atoms in total. The van der Waals surface area contributed by atoms with Crippen LogP contribution in [0.25, 0.3) is 0 Å². The Labute approximate surface area is 123 Å². The molecule has 21 heavy (non-hydrogen) atoms. The third-order valence-electron chi connectivity index (χ3n) is 3.40. The van der Waals surface area contributed by atoms with Crippen LogP contribution in [-0.4, -0.2) is 6.04 Å². The van der Waals surface area contributed by atoms with Crippen molar-refractivity contribution >= 4 is 0 Å². The first-order valence-corrected chi connectivity index (χ1v) is 6.97. The smallest absolute Gasteiger partial charge is 0.133 e. The number of aryl methyl sites for hydroxylation is 1. The Balaban J connectivity index is 2.32. The molecule has 0 spiro atoms. The van der Waals surface area contributed by atoms with Crippen LogP contribution in [-0.2, 0) is 6.42 Å². The Morgan fingerprint density at radius 2 is 1.71 bits per heavy atom. The van der Waals surface area contributed by atoms with Crippen LogP contribution in [0.15, 0.2) is 36.4 Å². The standard InChI is InChI=1S/C17H19F2NO/c1-3-15(20)9-12-8-13(18)6-7-16(12)21-17-10-14(19)5-4-11(17)2/h4-8,10,15H,3,9,20H2,1-2H3. The van der Waals surface area contributed by atoms with E-state index in [0.29, 0.717) is 23.5 Å². The monoisotopic (exact) mass is 291 g/mol. The van der Waals surface area contributed by atoms with E-state index in [-0.39, 0.29) is 17.7 Å². The van der Waals surface area contributed by atoms with Gasteiger partial charge in [-0.25, -0.2) is 8.78 Å². The molecule has 0 saturated heterocycles. The van der Waals surface area contributed by atoms with Crippen molar-refractivity contribution in [1.29, 1.82) is 0 Å². The first-order chi connectivity index (χ1) is 9.99. The molecule has 4 heteroatoms. The van der Waals surface area contributed by atoms with Crippen molar-refractivity contribution in [3.8, 4) is 11.5 Å². The lowest BCUT2D eigenvalue weighted by Crippen LogP contribution is -2.21. The van der Waals surface area contributed by atoms with E-state index in [1.165, 1.54) is 24.3 Å². The van der Waals surface area contributed by atoms with Crippen molar-refractivity contribution in [1.82, 2.24) is 0 Å². The average molecular weight is 291 g/mol. The van der Waals surface area contributed by atoms with Crippen LogP contribution in [0.4, 0.5) is 8.78 Å². The van der Waals surface area contributed by atoms with Gasteiger partial charge in [-0.1, -0.05) is 13.0 Å². The van der Waals surface area contributed by atoms with Gasteiger partial charge in [-0.2, -0.15) is 0 Å². The normalized spacial score (nSPS) is 12.2. The van der Waals surface area contributed by atoms with E-state index in [0.717, 1.165) is 12.0 Å². The Kier molecular flexibility index (Phi) is 4.91. The van der Waals surface area contributed by atoms with Gasteiger partial charge in [0.1, 0.15) is 23.1 Å². The van der Waals surface area contributed by atoms with E-state index in [9.17, 15) is 8.78 Å². The molecule has 0 radical (unpaired) electrons. The Bertz CT molecular complexity index is 628. The molecule has 0 amide bonds. The Morgan fingerprint density at radius 1 is 1.05 bits per heavy atom. The van der Waals surface area contributed by atoms with Gasteiger partial charge in [0.25, 0.3) is 0 Å². The molecular weight excluding hydrogens is 272 g/mol. The van der Waals surface area contributed by atoms with Crippen LogP contribution in [0.1, 0.15) is 24.5 Å². The highest BCUT2D eigenvalue weighted by Gasteiger charge is 2.12. The summed E-state index contributed by atoms with van der Waals surface area (Å²) in [6.07, 6.45) is 1.30. The fourth-order valence-electron chi connectivity index (χ4n) is 2.04. The van der Waals surface area contributed by atoms with Crippen LogP contribution < -0.4 is 10.5 Å². The van der Waals surface area contributed by atoms with Gasteiger partial charge in [0.15, 0.2) is 0 Å². The lowest BCUT2D eigenvalue weighted by molar-refractivity contribution is 0.461. The molecule has 0 fully saturated rings. The van der Waals surface area contributed by atoms with Crippen molar-refractivity contribution in [2.24, 2.45) is 5.73 Å². The van der Waals surface area contributed by atoms with E-state index in [1.54, 1.807) is 12.1 Å². The minimum Gasteiger partial charge on any atom is -0.457 e. The second kappa shape index (κ2) is 6.68. The number of benzene rings is 2. The lowest BCUT2D eigenvalue weighted by Gasteiger charge is -2.15. The van der Waals surface area contributed by atoms with Gasteiger partial charge < -0.3 is 10.5 Å². The zero-order valence-corrected chi connectivity index (χ0v) is 12.2. The van der Waals surface area contributed by atoms with E-state index in [4.69, 9.17) is 10.5 Å². The third-order valence-corrected chi connectivity index (χ3v) is 3.40. The summed E-state index contributed by atoms with van der Waals surface area (Å²) in [5.74, 6) is 0.225. The quantitative estimate of drug-likeness (QED) is 0.889. The molecule has 1 unspecified atom stereocenters. The molecule has 2 rings (SSSR count). The summed E-state index contributed by atoms with van der Waals surface area (Å²) in [5.41, 5.74) is 7.43. The van der Waals surface area contributed by atoms with E-state index < -0.39 is 0 Å². The maximum Gasteiger partial charge on any atom is 0.133 e. The van der Waals surface area contributed by atoms with Gasteiger partial charge >= 0.3 is 0 Å². The fourth-order valence-corrected chi connectivity index (χ4v) is 2.04. The molecule has 2 aromatic carbocycles. The number of ether oxygens (including phenoxy) is 1. The summed E-state index contributed by atoms with van der Waals surface area (Å²) in [5, 5.41) is 0. The molecule has 0 saturated carbocycles. The van der Waals surface area contributed by atoms with E-state index >= 15 is 0 Å². The maximum absolute atomic E-state index is 13.4. The van der Waals surface area contributed by atoms with Crippen molar-refractivity contribution in [3.63, 3.8) is 0 Å². The maximum atomic E-state index is 13.4. The minimum absolute atomic E-state index is 0.0669. The minimum atomic E-state index is -0.371. The summed E-state index contributed by atoms with van der Waals surface area (Å²) in [7, 11) is 0. The Hall–Kier alpha value is -1.94. The zero-order chi connectivity index (χ0) is 15.4. The molecule has 0 aliphatic carbocycles. The van der Waals surface area contributed by atoms with Gasteiger partial charge in [-0.15, -0.1) is 0 Å². The molecule has 0 aliphatic rings. The van der Waals surface area contributed by atoms with Crippen LogP contribution >= 0.6 is 0 Å². The molecule has 0 bridgehead atoms. The lowest BCUT2D eigenvalue weighted by atomic mass is 10.0. The van der Waals surface area contributed by atoms with Gasteiger partial charge in [0.05, 0.1) is 0 Å². The summed E-state index contributed by atoms with van der Waals surface area (Å²) < 4.78 is 32.5. The SMILES string of the molecule is CCC(N)Cc1cc(F)ccc1Oc1cc(F)ccc1C. The second-order valence-corrected chi connectivity index (χ2v) is 5.14. The molecule has 112 valence electrons. The second-order valence-electron chi connectivity index (χ2n) is 5.14. The molecule has 2 aromatic rings. The van der Waals surface area contributed by atoms with Crippen LogP contribution in [0.2, 0.25) is 0 Å². The Morgan fingerprint density at radius 3 is 2.43 bits per heavy atom. The highest BCUT2D eigenvalue weighted by molar-refractivity contribution is 5.41. The van der Waals surface area contributed by atoms with Crippen molar-refractivity contribution in [2.45, 2.75) is 32.7 Å². The van der Waals surface area contributed by atoms with Crippen molar-refractivity contribution in [2.75, 3.05) is 0 Å². The summed E-state index contributed by atoms with van der Waals surface area (Å²) in [6.45, 7) is 3.80. The first-order valence-electron chi connectivity index (χ1n) is 6.97. The number of nitrogens with two attached hydrogens (primary N) is 1.